The van der Waals surface area contributed by atoms with Gasteiger partial charge in [-0.3, -0.25) is 0 Å². The zero-order valence-electron chi connectivity index (χ0n) is 8.22. The van der Waals surface area contributed by atoms with Gasteiger partial charge in [0.2, 0.25) is 0 Å². The van der Waals surface area contributed by atoms with Gasteiger partial charge in [0.1, 0.15) is 0 Å². The lowest BCUT2D eigenvalue weighted by Crippen LogP contribution is -1.79. The molecule has 0 aliphatic rings. The van der Waals surface area contributed by atoms with Crippen LogP contribution in [-0.4, -0.2) is 0 Å². The molecule has 0 fully saturated rings. The van der Waals surface area contributed by atoms with Gasteiger partial charge in [-0.15, -0.1) is 0 Å². The van der Waals surface area contributed by atoms with Gasteiger partial charge in [0.05, 0.1) is 5.02 Å². The van der Waals surface area contributed by atoms with Crippen molar-refractivity contribution in [2.45, 2.75) is 0 Å². The van der Waals surface area contributed by atoms with Crippen LogP contribution in [-0.2, 0) is 0 Å². The van der Waals surface area contributed by atoms with Gasteiger partial charge in [0.15, 0.2) is 0 Å². The van der Waals surface area contributed by atoms with Crippen LogP contribution >= 0.6 is 23.2 Å². The van der Waals surface area contributed by atoms with Gasteiger partial charge in [-0.2, -0.15) is 0 Å². The van der Waals surface area contributed by atoms with E-state index in [1.165, 1.54) is 0 Å². The number of fused-ring (bicyclic) bond motifs is 3. The Kier molecular flexibility index (Phi) is 2.27. The Balaban J connectivity index is 2.58. The van der Waals surface area contributed by atoms with Crippen LogP contribution in [0.15, 0.2) is 36.4 Å². The van der Waals surface area contributed by atoms with Crippen LogP contribution in [0.5, 0.6) is 0 Å². The third kappa shape index (κ3) is 1.46. The Labute approximate surface area is 103 Å². The number of halogens is 2. The molecule has 0 nitrogen and oxygen atoms in total. The van der Waals surface area contributed by atoms with Crippen LogP contribution in [0.1, 0.15) is 0 Å². The summed E-state index contributed by atoms with van der Waals surface area (Å²) in [6, 6.07) is 17.6. The molecule has 3 rings (SSSR count). The van der Waals surface area contributed by atoms with Crippen molar-refractivity contribution in [3.63, 3.8) is 0 Å². The van der Waals surface area contributed by atoms with E-state index in [0.717, 1.165) is 21.5 Å². The normalized spacial score (nSPS) is 11.1. The zero-order chi connectivity index (χ0) is 11.1. The molecule has 0 aliphatic carbocycles. The minimum absolute atomic E-state index is 0.615. The highest BCUT2D eigenvalue weighted by Crippen LogP contribution is 2.30. The van der Waals surface area contributed by atoms with Crippen molar-refractivity contribution in [2.75, 3.05) is 0 Å². The summed E-state index contributed by atoms with van der Waals surface area (Å²) >= 11 is 12.1. The molecule has 16 heavy (non-hydrogen) atoms. The summed E-state index contributed by atoms with van der Waals surface area (Å²) in [5.74, 6) is 0. The van der Waals surface area contributed by atoms with Crippen LogP contribution in [0.3, 0.4) is 0 Å². The molecule has 76 valence electrons. The molecule has 0 spiro atoms. The molecule has 0 heterocycles. The van der Waals surface area contributed by atoms with E-state index in [2.05, 4.69) is 12.1 Å². The maximum atomic E-state index is 6.10. The summed E-state index contributed by atoms with van der Waals surface area (Å²) in [5.41, 5.74) is 0. The average Bonchev–Trinajstić information content (AvgIpc) is 2.29. The van der Waals surface area contributed by atoms with Gasteiger partial charge in [0, 0.05) is 22.5 Å². The molecule has 0 aliphatic heterocycles. The fourth-order valence-electron chi connectivity index (χ4n) is 1.90. The van der Waals surface area contributed by atoms with E-state index >= 15 is 0 Å². The minimum atomic E-state index is 0.615. The first-order chi connectivity index (χ1) is 7.75. The van der Waals surface area contributed by atoms with Gasteiger partial charge < -0.3 is 0 Å². The third-order valence-corrected chi connectivity index (χ3v) is 3.18. The van der Waals surface area contributed by atoms with Crippen molar-refractivity contribution in [1.29, 1.82) is 0 Å². The van der Waals surface area contributed by atoms with Crippen LogP contribution in [0.4, 0.5) is 0 Å². The molecule has 0 N–H and O–H groups in total. The Morgan fingerprint density at radius 3 is 2.62 bits per heavy atom. The van der Waals surface area contributed by atoms with Gasteiger partial charge in [0.25, 0.3) is 0 Å². The van der Waals surface area contributed by atoms with Crippen molar-refractivity contribution >= 4 is 44.7 Å². The van der Waals surface area contributed by atoms with Crippen LogP contribution < -0.4 is 0 Å². The van der Waals surface area contributed by atoms with Crippen molar-refractivity contribution in [3.8, 4) is 0 Å². The Morgan fingerprint density at radius 1 is 0.875 bits per heavy atom. The largest absolute Gasteiger partial charge is 0.0836 e. The second kappa shape index (κ2) is 3.65. The molecule has 0 bridgehead atoms. The Hall–Kier alpha value is -1.24. The molecule has 2 radical (unpaired) electrons. The second-order valence-corrected chi connectivity index (χ2v) is 4.39. The van der Waals surface area contributed by atoms with Crippen LogP contribution in [0, 0.1) is 12.1 Å². The van der Waals surface area contributed by atoms with E-state index in [0.29, 0.717) is 10.0 Å². The Bertz CT molecular complexity index is 687. The number of rotatable bonds is 0. The fourth-order valence-corrected chi connectivity index (χ4v) is 2.29. The number of hydrogen-bond donors (Lipinski definition) is 0. The van der Waals surface area contributed by atoms with E-state index < -0.39 is 0 Å². The Morgan fingerprint density at radius 2 is 1.75 bits per heavy atom. The lowest BCUT2D eigenvalue weighted by molar-refractivity contribution is 1.74. The highest BCUT2D eigenvalue weighted by atomic mass is 35.5. The van der Waals surface area contributed by atoms with Crippen molar-refractivity contribution in [1.82, 2.24) is 0 Å². The molecular weight excluding hydrogens is 239 g/mol. The molecule has 0 aromatic heterocycles. The first-order valence-electron chi connectivity index (χ1n) is 4.85. The summed E-state index contributed by atoms with van der Waals surface area (Å²) in [7, 11) is 0. The first-order valence-corrected chi connectivity index (χ1v) is 5.61. The SMILES string of the molecule is Clc1[c]cc2ccc3c(Cl)[c]ccc3c2c1. The zero-order valence-corrected chi connectivity index (χ0v) is 9.73. The second-order valence-electron chi connectivity index (χ2n) is 3.60. The summed E-state index contributed by atoms with van der Waals surface area (Å²) in [6.45, 7) is 0. The first kappa shape index (κ1) is 9.95. The summed E-state index contributed by atoms with van der Waals surface area (Å²) in [6.07, 6.45) is 0. The van der Waals surface area contributed by atoms with E-state index in [4.69, 9.17) is 23.2 Å². The number of hydrogen-bond acceptors (Lipinski definition) is 0. The smallest absolute Gasteiger partial charge is 0.0563 e. The molecule has 2 heteroatoms. The molecule has 0 saturated heterocycles. The minimum Gasteiger partial charge on any atom is -0.0836 e. The topological polar surface area (TPSA) is 0 Å². The highest BCUT2D eigenvalue weighted by Gasteiger charge is 2.03. The molecule has 0 unspecified atom stereocenters. The predicted molar refractivity (Wildman–Crippen MR) is 69.1 cm³/mol. The maximum absolute atomic E-state index is 6.10. The highest BCUT2D eigenvalue weighted by molar-refractivity contribution is 6.36. The van der Waals surface area contributed by atoms with E-state index in [1.807, 2.05) is 36.4 Å². The van der Waals surface area contributed by atoms with Gasteiger partial charge in [-0.25, -0.2) is 0 Å². The molecular formula is C14H6Cl2. The fraction of sp³-hybridized carbons (Fsp3) is 0. The van der Waals surface area contributed by atoms with Gasteiger partial charge >= 0.3 is 0 Å². The number of benzene rings is 3. The average molecular weight is 245 g/mol. The molecule has 0 saturated carbocycles. The van der Waals surface area contributed by atoms with E-state index in [-0.39, 0.29) is 0 Å². The van der Waals surface area contributed by atoms with Crippen LogP contribution in [0.25, 0.3) is 21.5 Å². The van der Waals surface area contributed by atoms with E-state index in [9.17, 15) is 0 Å². The lowest BCUT2D eigenvalue weighted by Gasteiger charge is -2.05. The maximum Gasteiger partial charge on any atom is 0.0563 e. The quantitative estimate of drug-likeness (QED) is 0.494. The van der Waals surface area contributed by atoms with Crippen molar-refractivity contribution < 1.29 is 0 Å². The molecule has 3 aromatic carbocycles. The van der Waals surface area contributed by atoms with Gasteiger partial charge in [-0.05, 0) is 28.3 Å². The molecule has 0 atom stereocenters. The molecule has 3 aromatic rings. The predicted octanol–water partition coefficient (Wildman–Crippen LogP) is 4.90. The lowest BCUT2D eigenvalue weighted by atomic mass is 10.0. The standard InChI is InChI=1S/C14H6Cl2/c15-10-6-4-9-5-7-12-11(13(9)8-10)2-1-3-14(12)16/h1-2,4-5,7-8H. The molecule has 0 amide bonds. The van der Waals surface area contributed by atoms with Crippen molar-refractivity contribution in [2.24, 2.45) is 0 Å². The monoisotopic (exact) mass is 244 g/mol. The van der Waals surface area contributed by atoms with Crippen LogP contribution in [0.2, 0.25) is 10.0 Å². The summed E-state index contributed by atoms with van der Waals surface area (Å²) in [4.78, 5) is 0. The van der Waals surface area contributed by atoms with Gasteiger partial charge in [-0.1, -0.05) is 47.5 Å². The van der Waals surface area contributed by atoms with Crippen molar-refractivity contribution in [3.05, 3.63) is 58.6 Å². The summed E-state index contributed by atoms with van der Waals surface area (Å²) < 4.78 is 0. The summed E-state index contributed by atoms with van der Waals surface area (Å²) in [5, 5.41) is 5.56. The third-order valence-electron chi connectivity index (χ3n) is 2.65. The van der Waals surface area contributed by atoms with E-state index in [1.54, 1.807) is 0 Å².